The van der Waals surface area contributed by atoms with Crippen molar-refractivity contribution in [3.05, 3.63) is 29.3 Å². The number of hydrogen-bond donors (Lipinski definition) is 0. The molecule has 2 bridgehead atoms. The van der Waals surface area contributed by atoms with Gasteiger partial charge in [-0.25, -0.2) is 0 Å². The van der Waals surface area contributed by atoms with Crippen LogP contribution in [0.5, 0.6) is 0 Å². The Bertz CT molecular complexity index is 466. The smallest absolute Gasteiger partial charge is 0.101 e. The van der Waals surface area contributed by atoms with Gasteiger partial charge < -0.3 is 9.64 Å². The van der Waals surface area contributed by atoms with Crippen LogP contribution in [0.15, 0.2) is 18.2 Å². The van der Waals surface area contributed by atoms with E-state index in [-0.39, 0.29) is 0 Å². The fourth-order valence-corrected chi connectivity index (χ4v) is 2.81. The van der Waals surface area contributed by atoms with E-state index in [0.717, 1.165) is 37.2 Å². The summed E-state index contributed by atoms with van der Waals surface area (Å²) in [6, 6.07) is 8.32. The lowest BCUT2D eigenvalue weighted by atomic mass is 10.1. The highest BCUT2D eigenvalue weighted by atomic mass is 16.5. The molecule has 0 radical (unpaired) electrons. The van der Waals surface area contributed by atoms with Gasteiger partial charge in [0.25, 0.3) is 0 Å². The van der Waals surface area contributed by atoms with E-state index in [4.69, 9.17) is 4.74 Å². The van der Waals surface area contributed by atoms with Crippen LogP contribution in [0.2, 0.25) is 0 Å². The quantitative estimate of drug-likeness (QED) is 0.739. The van der Waals surface area contributed by atoms with Crippen molar-refractivity contribution < 1.29 is 4.74 Å². The molecule has 0 saturated carbocycles. The lowest BCUT2D eigenvalue weighted by Crippen LogP contribution is -2.43. The molecule has 2 unspecified atom stereocenters. The molecular formula is C14H16N2O. The van der Waals surface area contributed by atoms with Crippen LogP contribution in [-0.4, -0.2) is 25.3 Å². The van der Waals surface area contributed by atoms with Crippen molar-refractivity contribution in [1.29, 1.82) is 5.26 Å². The minimum absolute atomic E-state index is 0.362. The molecule has 2 fully saturated rings. The van der Waals surface area contributed by atoms with Crippen molar-refractivity contribution >= 4 is 5.69 Å². The number of aryl methyl sites for hydroxylation is 1. The van der Waals surface area contributed by atoms with E-state index in [0.29, 0.717) is 12.2 Å². The minimum Gasteiger partial charge on any atom is -0.371 e. The molecule has 88 valence electrons. The standard InChI is InChI=1S/C14H16N2O/c1-10-2-3-11(7-15)14(6-10)16-8-12-4-5-13(9-16)17-12/h2-3,6,12-13H,4-5,8-9H2,1H3. The molecule has 0 aromatic heterocycles. The third-order valence-corrected chi connectivity index (χ3v) is 3.66. The van der Waals surface area contributed by atoms with Gasteiger partial charge in [0.05, 0.1) is 23.5 Å². The van der Waals surface area contributed by atoms with Crippen LogP contribution in [-0.2, 0) is 4.74 Å². The Morgan fingerprint density at radius 2 is 2.00 bits per heavy atom. The second-order valence-electron chi connectivity index (χ2n) is 4.99. The van der Waals surface area contributed by atoms with Gasteiger partial charge in [-0.05, 0) is 37.5 Å². The summed E-state index contributed by atoms with van der Waals surface area (Å²) < 4.78 is 5.83. The number of nitriles is 1. The zero-order valence-corrected chi connectivity index (χ0v) is 10.0. The van der Waals surface area contributed by atoms with Gasteiger partial charge in [0, 0.05) is 13.1 Å². The normalized spacial score (nSPS) is 26.9. The molecule has 0 N–H and O–H groups in total. The highest BCUT2D eigenvalue weighted by molar-refractivity contribution is 5.61. The first-order chi connectivity index (χ1) is 8.26. The van der Waals surface area contributed by atoms with E-state index < -0.39 is 0 Å². The molecule has 2 saturated heterocycles. The molecule has 0 aliphatic carbocycles. The van der Waals surface area contributed by atoms with Crippen molar-refractivity contribution in [2.24, 2.45) is 0 Å². The Kier molecular flexibility index (Phi) is 2.53. The molecule has 1 aromatic rings. The Morgan fingerprint density at radius 3 is 2.65 bits per heavy atom. The Balaban J connectivity index is 1.93. The molecule has 3 rings (SSSR count). The molecule has 3 heteroatoms. The number of hydrogen-bond acceptors (Lipinski definition) is 3. The highest BCUT2D eigenvalue weighted by Crippen LogP contribution is 2.31. The average molecular weight is 228 g/mol. The lowest BCUT2D eigenvalue weighted by Gasteiger charge is -2.34. The van der Waals surface area contributed by atoms with Gasteiger partial charge in [-0.3, -0.25) is 0 Å². The van der Waals surface area contributed by atoms with Gasteiger partial charge in [-0.2, -0.15) is 5.26 Å². The molecule has 1 aromatic carbocycles. The maximum Gasteiger partial charge on any atom is 0.101 e. The summed E-state index contributed by atoms with van der Waals surface area (Å²) in [7, 11) is 0. The van der Waals surface area contributed by atoms with Crippen molar-refractivity contribution in [2.75, 3.05) is 18.0 Å². The van der Waals surface area contributed by atoms with Gasteiger partial charge in [0.2, 0.25) is 0 Å². The molecule has 2 heterocycles. The molecule has 3 nitrogen and oxygen atoms in total. The lowest BCUT2D eigenvalue weighted by molar-refractivity contribution is 0.0305. The van der Waals surface area contributed by atoms with Crippen LogP contribution in [0.1, 0.15) is 24.0 Å². The molecule has 17 heavy (non-hydrogen) atoms. The Morgan fingerprint density at radius 1 is 1.29 bits per heavy atom. The third kappa shape index (κ3) is 1.89. The number of anilines is 1. The molecule has 2 aliphatic heterocycles. The topological polar surface area (TPSA) is 36.3 Å². The molecule has 2 aliphatic rings. The van der Waals surface area contributed by atoms with Crippen molar-refractivity contribution in [2.45, 2.75) is 32.0 Å². The summed E-state index contributed by atoms with van der Waals surface area (Å²) in [6.45, 7) is 3.92. The van der Waals surface area contributed by atoms with Gasteiger partial charge >= 0.3 is 0 Å². The monoisotopic (exact) mass is 228 g/mol. The Hall–Kier alpha value is -1.53. The van der Waals surface area contributed by atoms with Crippen LogP contribution >= 0.6 is 0 Å². The maximum atomic E-state index is 9.18. The summed E-state index contributed by atoms with van der Waals surface area (Å²) in [4.78, 5) is 2.32. The van der Waals surface area contributed by atoms with Gasteiger partial charge in [0.15, 0.2) is 0 Å². The van der Waals surface area contributed by atoms with Crippen molar-refractivity contribution in [1.82, 2.24) is 0 Å². The summed E-state index contributed by atoms with van der Waals surface area (Å²) in [5, 5.41) is 9.18. The first-order valence-electron chi connectivity index (χ1n) is 6.17. The van der Waals surface area contributed by atoms with Gasteiger partial charge in [0.1, 0.15) is 6.07 Å². The van der Waals surface area contributed by atoms with Crippen LogP contribution in [0.3, 0.4) is 0 Å². The zero-order chi connectivity index (χ0) is 11.8. The van der Waals surface area contributed by atoms with Crippen LogP contribution in [0, 0.1) is 18.3 Å². The van der Waals surface area contributed by atoms with E-state index in [1.165, 1.54) is 5.56 Å². The molecule has 0 amide bonds. The van der Waals surface area contributed by atoms with Crippen LogP contribution < -0.4 is 4.90 Å². The van der Waals surface area contributed by atoms with Crippen molar-refractivity contribution in [3.8, 4) is 6.07 Å². The first-order valence-corrected chi connectivity index (χ1v) is 6.17. The largest absolute Gasteiger partial charge is 0.371 e. The predicted molar refractivity (Wildman–Crippen MR) is 66.0 cm³/mol. The Labute approximate surface area is 102 Å². The summed E-state index contributed by atoms with van der Waals surface area (Å²) >= 11 is 0. The minimum atomic E-state index is 0.362. The van der Waals surface area contributed by atoms with E-state index in [9.17, 15) is 5.26 Å². The third-order valence-electron chi connectivity index (χ3n) is 3.66. The second-order valence-corrected chi connectivity index (χ2v) is 4.99. The summed E-state index contributed by atoms with van der Waals surface area (Å²) in [5.41, 5.74) is 3.06. The molecule has 2 atom stereocenters. The average Bonchev–Trinajstić information content (AvgIpc) is 2.68. The predicted octanol–water partition coefficient (Wildman–Crippen LogP) is 2.23. The maximum absolute atomic E-state index is 9.18. The fourth-order valence-electron chi connectivity index (χ4n) is 2.81. The zero-order valence-electron chi connectivity index (χ0n) is 10.0. The van der Waals surface area contributed by atoms with Gasteiger partial charge in [-0.15, -0.1) is 0 Å². The number of nitrogens with zero attached hydrogens (tertiary/aromatic N) is 2. The number of fused-ring (bicyclic) bond motifs is 2. The highest BCUT2D eigenvalue weighted by Gasteiger charge is 2.34. The number of morpholine rings is 1. The summed E-state index contributed by atoms with van der Waals surface area (Å²) in [6.07, 6.45) is 3.05. The van der Waals surface area contributed by atoms with E-state index >= 15 is 0 Å². The first kappa shape index (κ1) is 10.6. The summed E-state index contributed by atoms with van der Waals surface area (Å²) in [5.74, 6) is 0. The van der Waals surface area contributed by atoms with Gasteiger partial charge in [-0.1, -0.05) is 6.07 Å². The van der Waals surface area contributed by atoms with Crippen molar-refractivity contribution in [3.63, 3.8) is 0 Å². The fraction of sp³-hybridized carbons (Fsp3) is 0.500. The number of benzene rings is 1. The van der Waals surface area contributed by atoms with E-state index in [2.05, 4.69) is 24.0 Å². The van der Waals surface area contributed by atoms with Crippen LogP contribution in [0.4, 0.5) is 5.69 Å². The van der Waals surface area contributed by atoms with E-state index in [1.807, 2.05) is 12.1 Å². The number of rotatable bonds is 1. The second kappa shape index (κ2) is 4.05. The molecule has 0 spiro atoms. The van der Waals surface area contributed by atoms with Crippen LogP contribution in [0.25, 0.3) is 0 Å². The van der Waals surface area contributed by atoms with E-state index in [1.54, 1.807) is 0 Å². The SMILES string of the molecule is Cc1ccc(C#N)c(N2CC3CCC(C2)O3)c1. The number of ether oxygens (including phenoxy) is 1. The molecular weight excluding hydrogens is 212 g/mol.